The summed E-state index contributed by atoms with van der Waals surface area (Å²) >= 11 is 0. The first-order valence-electron chi connectivity index (χ1n) is 8.65. The van der Waals surface area contributed by atoms with Gasteiger partial charge in [0.1, 0.15) is 12.2 Å². The summed E-state index contributed by atoms with van der Waals surface area (Å²) in [5.41, 5.74) is 1.30. The fourth-order valence-electron chi connectivity index (χ4n) is 3.43. The summed E-state index contributed by atoms with van der Waals surface area (Å²) in [5, 5.41) is 4.14. The zero-order chi connectivity index (χ0) is 16.4. The third-order valence-electron chi connectivity index (χ3n) is 4.54. The summed E-state index contributed by atoms with van der Waals surface area (Å²) in [6, 6.07) is 10.5. The molecule has 0 spiro atoms. The van der Waals surface area contributed by atoms with Crippen LogP contribution in [0.4, 0.5) is 0 Å². The maximum Gasteiger partial charge on any atom is 0.255 e. The molecule has 0 aliphatic carbocycles. The summed E-state index contributed by atoms with van der Waals surface area (Å²) < 4.78 is 17.1. The lowest BCUT2D eigenvalue weighted by atomic mass is 10.1. The van der Waals surface area contributed by atoms with E-state index in [2.05, 4.69) is 46.2 Å². The van der Waals surface area contributed by atoms with Crippen molar-refractivity contribution in [3.05, 3.63) is 47.6 Å². The second-order valence-electron chi connectivity index (χ2n) is 6.61. The summed E-state index contributed by atoms with van der Waals surface area (Å²) in [6.07, 6.45) is 1.93. The molecule has 2 fully saturated rings. The van der Waals surface area contributed by atoms with Crippen molar-refractivity contribution >= 4 is 0 Å². The van der Waals surface area contributed by atoms with Gasteiger partial charge in [0, 0.05) is 26.2 Å². The molecule has 128 valence electrons. The Bertz CT molecular complexity index is 655. The van der Waals surface area contributed by atoms with Crippen LogP contribution in [0, 0.1) is 0 Å². The van der Waals surface area contributed by atoms with E-state index in [4.69, 9.17) is 14.0 Å². The highest BCUT2D eigenvalue weighted by Gasteiger charge is 2.31. The van der Waals surface area contributed by atoms with Crippen molar-refractivity contribution in [1.82, 2.24) is 15.0 Å². The molecule has 1 aromatic carbocycles. The first kappa shape index (κ1) is 15.7. The van der Waals surface area contributed by atoms with Gasteiger partial charge in [0.05, 0.1) is 6.10 Å². The van der Waals surface area contributed by atoms with E-state index in [-0.39, 0.29) is 18.3 Å². The topological polar surface area (TPSA) is 60.6 Å². The van der Waals surface area contributed by atoms with Crippen molar-refractivity contribution < 1.29 is 14.0 Å². The molecule has 2 aliphatic heterocycles. The van der Waals surface area contributed by atoms with Crippen molar-refractivity contribution in [3.63, 3.8) is 0 Å². The van der Waals surface area contributed by atoms with Gasteiger partial charge in [-0.25, -0.2) is 0 Å². The van der Waals surface area contributed by atoms with Crippen LogP contribution in [0.15, 0.2) is 34.9 Å². The SMILES string of the molecule is C[C@@H]1CN(Cc2ccccc2)C[C@H](c2noc(C3CCCO3)n2)O1. The molecule has 0 radical (unpaired) electrons. The Hall–Kier alpha value is -1.76. The van der Waals surface area contributed by atoms with Crippen molar-refractivity contribution in [2.45, 2.75) is 44.6 Å². The number of nitrogens with zero attached hydrogens (tertiary/aromatic N) is 3. The van der Waals surface area contributed by atoms with Gasteiger partial charge >= 0.3 is 0 Å². The van der Waals surface area contributed by atoms with E-state index >= 15 is 0 Å². The monoisotopic (exact) mass is 329 g/mol. The Kier molecular flexibility index (Phi) is 4.60. The number of morpholine rings is 1. The van der Waals surface area contributed by atoms with E-state index in [9.17, 15) is 0 Å². The molecule has 0 amide bonds. The largest absolute Gasteiger partial charge is 0.368 e. The molecule has 0 bridgehead atoms. The molecule has 1 unspecified atom stereocenters. The molecule has 2 saturated heterocycles. The lowest BCUT2D eigenvalue weighted by Crippen LogP contribution is -2.42. The lowest BCUT2D eigenvalue weighted by molar-refractivity contribution is -0.0856. The van der Waals surface area contributed by atoms with Crippen molar-refractivity contribution in [2.24, 2.45) is 0 Å². The van der Waals surface area contributed by atoms with Gasteiger partial charge in [0.15, 0.2) is 0 Å². The molecular formula is C18H23N3O3. The zero-order valence-electron chi connectivity index (χ0n) is 13.9. The van der Waals surface area contributed by atoms with Crippen LogP contribution in [0.1, 0.15) is 49.3 Å². The maximum absolute atomic E-state index is 6.05. The van der Waals surface area contributed by atoms with Crippen LogP contribution in [-0.2, 0) is 16.0 Å². The third-order valence-corrected chi connectivity index (χ3v) is 4.54. The molecule has 24 heavy (non-hydrogen) atoms. The molecule has 3 heterocycles. The predicted molar refractivity (Wildman–Crippen MR) is 87.2 cm³/mol. The highest BCUT2D eigenvalue weighted by Crippen LogP contribution is 2.30. The first-order chi connectivity index (χ1) is 11.8. The van der Waals surface area contributed by atoms with Crippen molar-refractivity contribution in [1.29, 1.82) is 0 Å². The molecule has 2 aliphatic rings. The highest BCUT2D eigenvalue weighted by molar-refractivity contribution is 5.14. The number of benzene rings is 1. The molecule has 4 rings (SSSR count). The Morgan fingerprint density at radius 1 is 1.17 bits per heavy atom. The smallest absolute Gasteiger partial charge is 0.255 e. The van der Waals surface area contributed by atoms with Crippen LogP contribution < -0.4 is 0 Å². The molecule has 3 atom stereocenters. The standard InChI is InChI=1S/C18H23N3O3/c1-13-10-21(11-14-6-3-2-4-7-14)12-16(23-13)17-19-18(24-20-17)15-8-5-9-22-15/h2-4,6-7,13,15-16H,5,8-12H2,1H3/t13-,15?,16-/m1/s1. The average molecular weight is 329 g/mol. The Morgan fingerprint density at radius 3 is 2.83 bits per heavy atom. The fourth-order valence-corrected chi connectivity index (χ4v) is 3.43. The van der Waals surface area contributed by atoms with Gasteiger partial charge in [0.2, 0.25) is 5.82 Å². The summed E-state index contributed by atoms with van der Waals surface area (Å²) in [4.78, 5) is 6.92. The van der Waals surface area contributed by atoms with Crippen LogP contribution in [0.3, 0.4) is 0 Å². The van der Waals surface area contributed by atoms with Gasteiger partial charge in [-0.15, -0.1) is 0 Å². The summed E-state index contributed by atoms with van der Waals surface area (Å²) in [5.74, 6) is 1.21. The van der Waals surface area contributed by atoms with Crippen LogP contribution in [0.2, 0.25) is 0 Å². The van der Waals surface area contributed by atoms with E-state index < -0.39 is 0 Å². The molecule has 2 aromatic rings. The van der Waals surface area contributed by atoms with E-state index in [1.54, 1.807) is 0 Å². The van der Waals surface area contributed by atoms with Gasteiger partial charge in [-0.1, -0.05) is 35.5 Å². The van der Waals surface area contributed by atoms with Crippen LogP contribution in [-0.4, -0.2) is 40.8 Å². The number of ether oxygens (including phenoxy) is 2. The van der Waals surface area contributed by atoms with Crippen LogP contribution in [0.5, 0.6) is 0 Å². The van der Waals surface area contributed by atoms with E-state index in [0.717, 1.165) is 39.1 Å². The van der Waals surface area contributed by atoms with Crippen molar-refractivity contribution in [2.75, 3.05) is 19.7 Å². The van der Waals surface area contributed by atoms with E-state index in [1.165, 1.54) is 5.56 Å². The minimum Gasteiger partial charge on any atom is -0.368 e. The first-order valence-corrected chi connectivity index (χ1v) is 8.65. The highest BCUT2D eigenvalue weighted by atomic mass is 16.5. The van der Waals surface area contributed by atoms with Crippen LogP contribution >= 0.6 is 0 Å². The Balaban J connectivity index is 1.44. The molecule has 0 saturated carbocycles. The average Bonchev–Trinajstić information content (AvgIpc) is 3.27. The quantitative estimate of drug-likeness (QED) is 0.859. The van der Waals surface area contributed by atoms with Gasteiger partial charge in [-0.3, -0.25) is 4.90 Å². The summed E-state index contributed by atoms with van der Waals surface area (Å²) in [7, 11) is 0. The predicted octanol–water partition coefficient (Wildman–Crippen LogP) is 2.88. The fraction of sp³-hybridized carbons (Fsp3) is 0.556. The Morgan fingerprint density at radius 2 is 2.04 bits per heavy atom. The lowest BCUT2D eigenvalue weighted by Gasteiger charge is -2.35. The minimum atomic E-state index is -0.156. The van der Waals surface area contributed by atoms with E-state index in [1.807, 2.05) is 6.07 Å². The number of rotatable bonds is 4. The second-order valence-corrected chi connectivity index (χ2v) is 6.61. The maximum atomic E-state index is 6.05. The van der Waals surface area contributed by atoms with Crippen LogP contribution in [0.25, 0.3) is 0 Å². The van der Waals surface area contributed by atoms with Gasteiger partial charge in [-0.2, -0.15) is 4.98 Å². The van der Waals surface area contributed by atoms with Gasteiger partial charge < -0.3 is 14.0 Å². The number of hydrogen-bond acceptors (Lipinski definition) is 6. The van der Waals surface area contributed by atoms with Gasteiger partial charge in [0.25, 0.3) is 5.89 Å². The van der Waals surface area contributed by atoms with Gasteiger partial charge in [-0.05, 0) is 25.3 Å². The molecule has 6 nitrogen and oxygen atoms in total. The van der Waals surface area contributed by atoms with E-state index in [0.29, 0.717) is 11.7 Å². The third kappa shape index (κ3) is 3.50. The molecule has 1 aromatic heterocycles. The number of aromatic nitrogens is 2. The number of hydrogen-bond donors (Lipinski definition) is 0. The normalized spacial score (nSPS) is 28.3. The van der Waals surface area contributed by atoms with Crippen molar-refractivity contribution in [3.8, 4) is 0 Å². The second kappa shape index (κ2) is 7.01. The molecule has 0 N–H and O–H groups in total. The Labute approximate surface area is 141 Å². The summed E-state index contributed by atoms with van der Waals surface area (Å²) in [6.45, 7) is 5.43. The molecular weight excluding hydrogens is 306 g/mol. The molecule has 6 heteroatoms. The minimum absolute atomic E-state index is 0.0484. The zero-order valence-corrected chi connectivity index (χ0v) is 13.9.